The van der Waals surface area contributed by atoms with E-state index in [-0.39, 0.29) is 6.03 Å². The van der Waals surface area contributed by atoms with Gasteiger partial charge in [0.15, 0.2) is 0 Å². The highest BCUT2D eigenvalue weighted by Gasteiger charge is 2.24. The van der Waals surface area contributed by atoms with Gasteiger partial charge in [-0.25, -0.2) is 14.8 Å². The minimum Gasteiger partial charge on any atom is -0.365 e. The summed E-state index contributed by atoms with van der Waals surface area (Å²) in [5, 5.41) is 3.65. The summed E-state index contributed by atoms with van der Waals surface area (Å²) in [6, 6.07) is 6.42. The number of benzene rings is 1. The molecule has 150 valence electrons. The number of hydrogen-bond donors (Lipinski definition) is 2. The molecule has 3 amide bonds. The van der Waals surface area contributed by atoms with Crippen LogP contribution in [0.3, 0.4) is 0 Å². The van der Waals surface area contributed by atoms with Crippen molar-refractivity contribution in [1.82, 2.24) is 14.9 Å². The molecule has 1 aliphatic rings. The maximum Gasteiger partial charge on any atom is 0.321 e. The lowest BCUT2D eigenvalue weighted by molar-refractivity contribution is 0.100. The number of thiophene rings is 1. The number of hydrogen-bond acceptors (Lipinski definition) is 6. The van der Waals surface area contributed by atoms with Gasteiger partial charge in [0.1, 0.15) is 12.1 Å². The Kier molecular flexibility index (Phi) is 5.44. The third-order valence-corrected chi connectivity index (χ3v) is 6.45. The van der Waals surface area contributed by atoms with Gasteiger partial charge in [0.25, 0.3) is 5.91 Å². The maximum absolute atomic E-state index is 12.5. The number of primary amides is 1. The molecule has 1 aromatic carbocycles. The van der Waals surface area contributed by atoms with E-state index < -0.39 is 5.91 Å². The first-order chi connectivity index (χ1) is 13.9. The van der Waals surface area contributed by atoms with Crippen LogP contribution >= 0.6 is 34.5 Å². The Balaban J connectivity index is 1.44. The number of nitrogens with one attached hydrogen (secondary N) is 1. The van der Waals surface area contributed by atoms with Crippen LogP contribution in [0.1, 0.15) is 9.67 Å². The van der Waals surface area contributed by atoms with E-state index in [4.69, 9.17) is 28.9 Å². The van der Waals surface area contributed by atoms with Crippen molar-refractivity contribution < 1.29 is 9.59 Å². The summed E-state index contributed by atoms with van der Waals surface area (Å²) in [6.07, 6.45) is 1.47. The minimum absolute atomic E-state index is 0.206. The number of fused-ring (bicyclic) bond motifs is 1. The number of amides is 3. The summed E-state index contributed by atoms with van der Waals surface area (Å²) in [5.74, 6) is 0.264. The number of halogens is 2. The van der Waals surface area contributed by atoms with Crippen LogP contribution in [0.4, 0.5) is 16.3 Å². The second-order valence-corrected chi connectivity index (χ2v) is 8.29. The average molecular weight is 451 g/mol. The second kappa shape index (κ2) is 8.02. The van der Waals surface area contributed by atoms with Crippen molar-refractivity contribution in [3.05, 3.63) is 45.5 Å². The third kappa shape index (κ3) is 4.07. The molecule has 1 fully saturated rings. The minimum atomic E-state index is -0.484. The monoisotopic (exact) mass is 450 g/mol. The highest BCUT2D eigenvalue weighted by atomic mass is 35.5. The van der Waals surface area contributed by atoms with Gasteiger partial charge in [-0.15, -0.1) is 11.3 Å². The number of aromatic nitrogens is 2. The Hall–Kier alpha value is -2.62. The zero-order valence-electron chi connectivity index (χ0n) is 15.1. The lowest BCUT2D eigenvalue weighted by atomic mass is 10.3. The number of rotatable bonds is 3. The molecule has 0 radical (unpaired) electrons. The first kappa shape index (κ1) is 19.7. The second-order valence-electron chi connectivity index (χ2n) is 6.42. The van der Waals surface area contributed by atoms with Gasteiger partial charge in [-0.2, -0.15) is 0 Å². The predicted molar refractivity (Wildman–Crippen MR) is 115 cm³/mol. The summed E-state index contributed by atoms with van der Waals surface area (Å²) >= 11 is 13.2. The van der Waals surface area contributed by atoms with Gasteiger partial charge in [0, 0.05) is 31.9 Å². The van der Waals surface area contributed by atoms with E-state index in [0.29, 0.717) is 52.3 Å². The highest BCUT2D eigenvalue weighted by Crippen LogP contribution is 2.31. The maximum atomic E-state index is 12.5. The zero-order valence-corrected chi connectivity index (χ0v) is 17.4. The van der Waals surface area contributed by atoms with Crippen molar-refractivity contribution in [3.8, 4) is 0 Å². The number of anilines is 2. The number of urea groups is 1. The normalized spacial score (nSPS) is 14.3. The van der Waals surface area contributed by atoms with Crippen LogP contribution in [0, 0.1) is 0 Å². The molecule has 29 heavy (non-hydrogen) atoms. The molecule has 0 unspecified atom stereocenters. The molecule has 1 aliphatic heterocycles. The molecule has 0 saturated carbocycles. The van der Waals surface area contributed by atoms with Gasteiger partial charge in [0.2, 0.25) is 0 Å². The van der Waals surface area contributed by atoms with Crippen LogP contribution < -0.4 is 16.0 Å². The van der Waals surface area contributed by atoms with E-state index in [1.807, 2.05) is 0 Å². The average Bonchev–Trinajstić information content (AvgIpc) is 3.16. The summed E-state index contributed by atoms with van der Waals surface area (Å²) in [6.45, 7) is 2.24. The van der Waals surface area contributed by atoms with Crippen LogP contribution in [0.15, 0.2) is 30.6 Å². The quantitative estimate of drug-likeness (QED) is 0.635. The Labute approximate surface area is 180 Å². The molecule has 1 saturated heterocycles. The molecule has 0 aliphatic carbocycles. The number of nitrogens with zero attached hydrogens (tertiary/aromatic N) is 4. The van der Waals surface area contributed by atoms with Gasteiger partial charge in [-0.3, -0.25) is 4.79 Å². The van der Waals surface area contributed by atoms with Gasteiger partial charge in [0.05, 0.1) is 25.1 Å². The van der Waals surface area contributed by atoms with E-state index in [1.165, 1.54) is 17.7 Å². The van der Waals surface area contributed by atoms with Gasteiger partial charge in [-0.05, 0) is 24.3 Å². The molecule has 2 aromatic heterocycles. The molecule has 0 spiro atoms. The first-order valence-electron chi connectivity index (χ1n) is 8.72. The van der Waals surface area contributed by atoms with Gasteiger partial charge < -0.3 is 20.9 Å². The molecule has 0 atom stereocenters. The number of carbonyl (C=O) groups excluding carboxylic acids is 2. The Morgan fingerprint density at radius 2 is 1.83 bits per heavy atom. The lowest BCUT2D eigenvalue weighted by Gasteiger charge is -2.35. The standard InChI is InChI=1S/C18H16Cl2N6O2S/c19-11-2-1-10(7-12(11)20)24-18(28)26-5-3-25(4-6-26)17-15-13(22-9-23-17)8-14(29-15)16(21)27/h1-2,7-9H,3-6H2,(H2,21,27)(H,24,28). The Bertz CT molecular complexity index is 1100. The van der Waals surface area contributed by atoms with E-state index in [2.05, 4.69) is 20.2 Å². The van der Waals surface area contributed by atoms with Crippen LogP contribution in [-0.4, -0.2) is 53.0 Å². The highest BCUT2D eigenvalue weighted by molar-refractivity contribution is 7.21. The fourth-order valence-corrected chi connectivity index (χ4v) is 4.36. The van der Waals surface area contributed by atoms with Gasteiger partial charge >= 0.3 is 6.03 Å². The van der Waals surface area contributed by atoms with E-state index in [1.54, 1.807) is 29.2 Å². The number of nitrogens with two attached hydrogens (primary N) is 1. The van der Waals surface area contributed by atoms with Crippen molar-refractivity contribution in [2.45, 2.75) is 0 Å². The molecule has 3 aromatic rings. The summed E-state index contributed by atoms with van der Waals surface area (Å²) in [5.41, 5.74) is 6.66. The topological polar surface area (TPSA) is 104 Å². The SMILES string of the molecule is NC(=O)c1cc2ncnc(N3CCN(C(=O)Nc4ccc(Cl)c(Cl)c4)CC3)c2s1. The van der Waals surface area contributed by atoms with Crippen molar-refractivity contribution in [2.24, 2.45) is 5.73 Å². The summed E-state index contributed by atoms with van der Waals surface area (Å²) in [4.78, 5) is 36.9. The Morgan fingerprint density at radius 3 is 2.52 bits per heavy atom. The van der Waals surface area contributed by atoms with E-state index in [0.717, 1.165) is 10.5 Å². The first-order valence-corrected chi connectivity index (χ1v) is 10.3. The largest absolute Gasteiger partial charge is 0.365 e. The predicted octanol–water partition coefficient (Wildman–Crippen LogP) is 3.45. The zero-order chi connectivity index (χ0) is 20.5. The third-order valence-electron chi connectivity index (χ3n) is 4.57. The van der Waals surface area contributed by atoms with E-state index in [9.17, 15) is 9.59 Å². The molecular formula is C18H16Cl2N6O2S. The Morgan fingerprint density at radius 1 is 1.07 bits per heavy atom. The van der Waals surface area contributed by atoms with Crippen LogP contribution in [0.5, 0.6) is 0 Å². The molecule has 4 rings (SSSR count). The molecule has 3 N–H and O–H groups in total. The van der Waals surface area contributed by atoms with Crippen LogP contribution in [0.2, 0.25) is 10.0 Å². The van der Waals surface area contributed by atoms with Crippen molar-refractivity contribution in [3.63, 3.8) is 0 Å². The van der Waals surface area contributed by atoms with Crippen molar-refractivity contribution in [2.75, 3.05) is 36.4 Å². The molecule has 11 heteroatoms. The van der Waals surface area contributed by atoms with Crippen LogP contribution in [0.25, 0.3) is 10.2 Å². The van der Waals surface area contributed by atoms with Gasteiger partial charge in [-0.1, -0.05) is 23.2 Å². The van der Waals surface area contributed by atoms with Crippen molar-refractivity contribution in [1.29, 1.82) is 0 Å². The molecular weight excluding hydrogens is 435 g/mol. The number of piperazine rings is 1. The fraction of sp³-hybridized carbons (Fsp3) is 0.222. The summed E-state index contributed by atoms with van der Waals surface area (Å²) in [7, 11) is 0. The smallest absolute Gasteiger partial charge is 0.321 e. The van der Waals surface area contributed by atoms with E-state index >= 15 is 0 Å². The number of carbonyl (C=O) groups is 2. The fourth-order valence-electron chi connectivity index (χ4n) is 3.09. The summed E-state index contributed by atoms with van der Waals surface area (Å²) < 4.78 is 0.815. The molecule has 3 heterocycles. The molecule has 8 nitrogen and oxygen atoms in total. The van der Waals surface area contributed by atoms with Crippen molar-refractivity contribution >= 4 is 68.2 Å². The van der Waals surface area contributed by atoms with Crippen LogP contribution in [-0.2, 0) is 0 Å². The molecule has 0 bridgehead atoms. The lowest BCUT2D eigenvalue weighted by Crippen LogP contribution is -2.50.